The molecule has 0 amide bonds. The van der Waals surface area contributed by atoms with Gasteiger partial charge in [-0.15, -0.1) is 18.2 Å². The molecule has 0 heterocycles. The van der Waals surface area contributed by atoms with Crippen LogP contribution in [-0.4, -0.2) is 116 Å². The summed E-state index contributed by atoms with van der Waals surface area (Å²) in [6, 6.07) is 0.981. The molecule has 7 saturated carbocycles. The van der Waals surface area contributed by atoms with Gasteiger partial charge in [0.15, 0.2) is 0 Å². The highest BCUT2D eigenvalue weighted by atomic mass is 35.5. The van der Waals surface area contributed by atoms with Crippen LogP contribution in [0.3, 0.4) is 0 Å². The normalized spacial score (nSPS) is 18.2. The Kier molecular flexibility index (Phi) is 72.6. The molecule has 0 radical (unpaired) electrons. The molecule has 0 N–H and O–H groups in total. The van der Waals surface area contributed by atoms with E-state index in [1.165, 1.54) is 255 Å². The van der Waals surface area contributed by atoms with Gasteiger partial charge >= 0.3 is 0 Å². The number of rotatable bonds is 37. The fraction of sp³-hybridized carbons (Fsp3) is 0.841. The minimum atomic E-state index is 0.0174. The van der Waals surface area contributed by atoms with Crippen LogP contribution in [0.25, 0.3) is 0 Å². The molecule has 502 valence electrons. The number of halogens is 2. The first kappa shape index (κ1) is 87.9. The van der Waals surface area contributed by atoms with E-state index in [1.54, 1.807) is 30.4 Å². The second-order valence-corrected chi connectivity index (χ2v) is 24.3. The van der Waals surface area contributed by atoms with Gasteiger partial charge in [0.1, 0.15) is 6.00 Å². The summed E-state index contributed by atoms with van der Waals surface area (Å²) in [5.41, 5.74) is 0.0521. The Labute approximate surface area is 545 Å². The predicted octanol–water partition coefficient (Wildman–Crippen LogP) is 18.1. The van der Waals surface area contributed by atoms with E-state index in [0.29, 0.717) is 50.2 Å². The Balaban J connectivity index is -0.000000974. The van der Waals surface area contributed by atoms with Gasteiger partial charge < -0.3 is 0 Å². The molecule has 0 aromatic rings. The Bertz CT molecular complexity index is 2080. The molecule has 7 aliphatic rings. The number of unbranched alkanes of at least 4 members (excludes halogenated alkanes) is 24. The summed E-state index contributed by atoms with van der Waals surface area (Å²) in [6.45, 7) is 9.95. The van der Waals surface area contributed by atoms with Crippen LogP contribution in [0.4, 0.5) is 0 Å². The Morgan fingerprint density at radius 3 is 0.899 bits per heavy atom. The molecule has 0 saturated heterocycles. The van der Waals surface area contributed by atoms with Gasteiger partial charge in [0.2, 0.25) is 54.7 Å². The van der Waals surface area contributed by atoms with E-state index >= 15 is 0 Å². The number of alkyl halides is 2. The van der Waals surface area contributed by atoms with Crippen molar-refractivity contribution in [1.82, 2.24) is 0 Å². The van der Waals surface area contributed by atoms with Crippen molar-refractivity contribution >= 4 is 77.9 Å². The zero-order chi connectivity index (χ0) is 66.0. The lowest BCUT2D eigenvalue weighted by molar-refractivity contribution is 0.00170. The minimum Gasteiger partial charge on any atom is -0.211 e. The van der Waals surface area contributed by atoms with Crippen molar-refractivity contribution in [3.63, 3.8) is 0 Å². The van der Waals surface area contributed by atoms with Crippen molar-refractivity contribution in [3.05, 3.63) is 12.7 Å². The van der Waals surface area contributed by atoms with E-state index in [2.05, 4.69) is 65.4 Å². The van der Waals surface area contributed by atoms with Gasteiger partial charge in [-0.1, -0.05) is 218 Å². The van der Waals surface area contributed by atoms with Gasteiger partial charge in [0, 0.05) is 5.88 Å². The predicted molar refractivity (Wildman–Crippen MR) is 359 cm³/mol. The Hall–Kier alpha value is -5.26. The molecule has 20 heteroatoms. The van der Waals surface area contributed by atoms with Crippen LogP contribution in [0.5, 0.6) is 0 Å². The molecule has 89 heavy (non-hydrogen) atoms. The highest BCUT2D eigenvalue weighted by Crippen LogP contribution is 2.57. The molecule has 4 bridgehead atoms. The fourth-order valence-electron chi connectivity index (χ4n) is 11.7. The highest BCUT2D eigenvalue weighted by Gasteiger charge is 2.51. The lowest BCUT2D eigenvalue weighted by Gasteiger charge is -2.54. The average Bonchev–Trinajstić information content (AvgIpc) is 1.51. The van der Waals surface area contributed by atoms with Crippen molar-refractivity contribution < 1.29 is 43.2 Å². The van der Waals surface area contributed by atoms with Crippen LogP contribution in [0.1, 0.15) is 290 Å². The molecule has 0 aromatic heterocycles. The summed E-state index contributed by atoms with van der Waals surface area (Å²) < 4.78 is 0. The number of carbonyl (C=O) groups excluding carboxylic acids is 9. The maximum absolute atomic E-state index is 10.4. The summed E-state index contributed by atoms with van der Waals surface area (Å²) in [5.74, 6) is 3.03. The number of aliphatic imine (C=N–C) groups is 9. The molecule has 7 rings (SSSR count). The number of nitrogens with zero attached hydrogens (tertiary/aromatic N) is 9. The van der Waals surface area contributed by atoms with E-state index in [0.717, 1.165) is 69.1 Å². The van der Waals surface area contributed by atoms with Crippen molar-refractivity contribution in [2.75, 3.05) is 38.1 Å². The molecule has 7 aliphatic carbocycles. The maximum Gasteiger partial charge on any atom is 0.236 e. The fourth-order valence-corrected chi connectivity index (χ4v) is 11.8. The standard InChI is InChI=1S/C19H37NO.C13H25NO.C11H15NO.C7H11NO.C6H9NO.2C4H5NO.C3H4ClNO.C2H2ClNO/c1-2-3-4-5-6-7-8-9-10-11-12-13-14-15-16-17-18-20-19-21;1-2-3-4-5-6-7-8-9-10-11-12-14-13-15;13-7-12-11-4-8-1-9(5-11)3-10(2-8)6-11;9-6-8-7-4-2-1-3-5-7;8-5-7-6-3-1-2-4-6;6-3-5-4-1-2-4;1-2-3-5-4-6;4-1-2-5-3-6;3-1-4-2-5/h2-18H2,1H3;2-12H2,1H3;8-10H,1-6H2;7H,1-5H2;6H,1-4H2;4H,1-2H2;2H,1,3H2;1-2H2;1H2. The summed E-state index contributed by atoms with van der Waals surface area (Å²) in [6.07, 6.45) is 71.0. The van der Waals surface area contributed by atoms with E-state index in [1.807, 2.05) is 0 Å². The van der Waals surface area contributed by atoms with Crippen LogP contribution in [0.15, 0.2) is 57.6 Å². The third kappa shape index (κ3) is 65.5. The summed E-state index contributed by atoms with van der Waals surface area (Å²) >= 11 is 9.98. The summed E-state index contributed by atoms with van der Waals surface area (Å²) in [7, 11) is 0. The Morgan fingerprint density at radius 1 is 0.371 bits per heavy atom. The van der Waals surface area contributed by atoms with E-state index in [-0.39, 0.29) is 11.5 Å². The van der Waals surface area contributed by atoms with E-state index in [4.69, 9.17) is 28.0 Å². The van der Waals surface area contributed by atoms with Gasteiger partial charge in [-0.3, -0.25) is 0 Å². The Morgan fingerprint density at radius 2 is 0.674 bits per heavy atom. The summed E-state index contributed by atoms with van der Waals surface area (Å²) in [5, 5.41) is 0. The zero-order valence-electron chi connectivity index (χ0n) is 54.9. The molecular weight excluding hydrogens is 1170 g/mol. The average molecular weight is 1280 g/mol. The van der Waals surface area contributed by atoms with Crippen LogP contribution in [0.2, 0.25) is 0 Å². The van der Waals surface area contributed by atoms with Gasteiger partial charge in [0.25, 0.3) is 0 Å². The number of isocyanates is 9. The van der Waals surface area contributed by atoms with Gasteiger partial charge in [0.05, 0.1) is 49.8 Å². The van der Waals surface area contributed by atoms with Crippen molar-refractivity contribution in [1.29, 1.82) is 0 Å². The van der Waals surface area contributed by atoms with Crippen LogP contribution >= 0.6 is 23.2 Å². The molecule has 0 unspecified atom stereocenters. The van der Waals surface area contributed by atoms with Crippen LogP contribution in [0, 0.1) is 17.8 Å². The van der Waals surface area contributed by atoms with Crippen molar-refractivity contribution in [3.8, 4) is 0 Å². The lowest BCUT2D eigenvalue weighted by atomic mass is 9.53. The first-order valence-electron chi connectivity index (χ1n) is 33.9. The third-order valence-corrected chi connectivity index (χ3v) is 16.3. The van der Waals surface area contributed by atoms with Crippen molar-refractivity contribution in [2.24, 2.45) is 62.7 Å². The second-order valence-electron chi connectivity index (χ2n) is 23.7. The van der Waals surface area contributed by atoms with E-state index in [9.17, 15) is 38.4 Å². The number of hydrogen-bond donors (Lipinski definition) is 0. The van der Waals surface area contributed by atoms with Gasteiger partial charge in [-0.05, 0) is 108 Å². The molecule has 7 fully saturated rings. The lowest BCUT2D eigenvalue weighted by Crippen LogP contribution is -2.49. The van der Waals surface area contributed by atoms with Gasteiger partial charge in [-0.25, -0.2) is 78.1 Å². The van der Waals surface area contributed by atoms with Crippen LogP contribution < -0.4 is 0 Å². The summed E-state index contributed by atoms with van der Waals surface area (Å²) in [4.78, 5) is 118. The number of hydrogen-bond acceptors (Lipinski definition) is 18. The first-order valence-corrected chi connectivity index (χ1v) is 34.9. The monoisotopic (exact) mass is 1280 g/mol. The first-order chi connectivity index (χ1) is 43.7. The largest absolute Gasteiger partial charge is 0.236 e. The maximum atomic E-state index is 10.4. The third-order valence-electron chi connectivity index (χ3n) is 16.0. The molecule has 0 atom stereocenters. The van der Waals surface area contributed by atoms with Crippen molar-refractivity contribution in [2.45, 2.75) is 314 Å². The molecule has 0 spiro atoms. The topological polar surface area (TPSA) is 265 Å². The zero-order valence-corrected chi connectivity index (χ0v) is 56.4. The second kappa shape index (κ2) is 73.5. The minimum absolute atomic E-state index is 0.0174. The molecular formula is C69H113Cl2N9O9. The molecule has 18 nitrogen and oxygen atoms in total. The quantitative estimate of drug-likeness (QED) is 0.0143. The van der Waals surface area contributed by atoms with Gasteiger partial charge in [-0.2, -0.15) is 9.98 Å². The smallest absolute Gasteiger partial charge is 0.211 e. The molecule has 0 aliphatic heterocycles. The highest BCUT2D eigenvalue weighted by molar-refractivity contribution is 6.18. The van der Waals surface area contributed by atoms with E-state index < -0.39 is 0 Å². The SMILES string of the molecule is C=CCN=C=O.CCCCCCCCCCCCCCCCCCN=C=O.CCCCCCCCCCCCN=C=O.O=C=NC12CC3CC(CC(C3)C1)C2.O=C=NC1CC1.O=C=NC1CCCC1.O=C=NC1CCCCC1.O=C=NCCCl.O=C=NCCl. The van der Waals surface area contributed by atoms with Crippen LogP contribution in [-0.2, 0) is 43.2 Å². The molecule has 0 aromatic carbocycles.